The van der Waals surface area contributed by atoms with Crippen molar-refractivity contribution in [3.05, 3.63) is 91.4 Å². The van der Waals surface area contributed by atoms with Crippen LogP contribution in [0.25, 0.3) is 0 Å². The maximum absolute atomic E-state index is 6.25. The Bertz CT molecular complexity index is 959. The molecule has 140 valence electrons. The molecule has 0 aliphatic heterocycles. The lowest BCUT2D eigenvalue weighted by Gasteiger charge is -2.15. The molecule has 0 atom stereocenters. The first-order valence-electron chi connectivity index (χ1n) is 8.58. The van der Waals surface area contributed by atoms with Crippen LogP contribution in [-0.4, -0.2) is 0 Å². The van der Waals surface area contributed by atoms with Gasteiger partial charge in [0.1, 0.15) is 12.4 Å². The zero-order valence-electron chi connectivity index (χ0n) is 15.2. The van der Waals surface area contributed by atoms with Crippen LogP contribution in [0.2, 0.25) is 10.0 Å². The predicted molar refractivity (Wildman–Crippen MR) is 118 cm³/mol. The van der Waals surface area contributed by atoms with E-state index < -0.39 is 0 Å². The number of hydrogen-bond acceptors (Lipinski definition) is 2. The number of benzene rings is 3. The molecule has 1 N–H and O–H groups in total. The summed E-state index contributed by atoms with van der Waals surface area (Å²) in [6.45, 7) is 5.23. The van der Waals surface area contributed by atoms with E-state index in [4.69, 9.17) is 27.9 Å². The van der Waals surface area contributed by atoms with E-state index in [1.165, 1.54) is 11.1 Å². The molecule has 0 unspecified atom stereocenters. The Labute approximate surface area is 178 Å². The van der Waals surface area contributed by atoms with Crippen molar-refractivity contribution in [2.75, 3.05) is 5.32 Å². The molecule has 0 radical (unpaired) electrons. The van der Waals surface area contributed by atoms with Gasteiger partial charge in [-0.25, -0.2) is 0 Å². The average molecular weight is 465 g/mol. The summed E-state index contributed by atoms with van der Waals surface area (Å²) in [6.07, 6.45) is 0. The first-order chi connectivity index (χ1) is 12.9. The van der Waals surface area contributed by atoms with E-state index in [0.29, 0.717) is 23.2 Å². The van der Waals surface area contributed by atoms with Crippen LogP contribution < -0.4 is 10.1 Å². The molecule has 0 aliphatic carbocycles. The summed E-state index contributed by atoms with van der Waals surface area (Å²) in [7, 11) is 0. The van der Waals surface area contributed by atoms with Crippen LogP contribution >= 0.6 is 39.1 Å². The summed E-state index contributed by atoms with van der Waals surface area (Å²) in [4.78, 5) is 0. The molecule has 0 bridgehead atoms. The maximum Gasteiger partial charge on any atom is 0.124 e. The smallest absolute Gasteiger partial charge is 0.124 e. The summed E-state index contributed by atoms with van der Waals surface area (Å²) < 4.78 is 7.06. The van der Waals surface area contributed by atoms with E-state index in [9.17, 15) is 0 Å². The fourth-order valence-corrected chi connectivity index (χ4v) is 3.61. The summed E-state index contributed by atoms with van der Waals surface area (Å²) in [6, 6.07) is 17.8. The lowest BCUT2D eigenvalue weighted by atomic mass is 10.1. The van der Waals surface area contributed by atoms with Gasteiger partial charge in [0.05, 0.1) is 0 Å². The number of ether oxygens (including phenoxy) is 1. The van der Waals surface area contributed by atoms with Crippen LogP contribution in [0.5, 0.6) is 5.75 Å². The number of hydrogen-bond donors (Lipinski definition) is 1. The second-order valence-electron chi connectivity index (χ2n) is 6.45. The van der Waals surface area contributed by atoms with Gasteiger partial charge in [0.2, 0.25) is 0 Å². The van der Waals surface area contributed by atoms with E-state index in [1.807, 2.05) is 24.3 Å². The number of halogens is 3. The minimum Gasteiger partial charge on any atom is -0.488 e. The van der Waals surface area contributed by atoms with Crippen molar-refractivity contribution in [2.45, 2.75) is 27.0 Å². The van der Waals surface area contributed by atoms with Crippen LogP contribution in [0, 0.1) is 13.8 Å². The summed E-state index contributed by atoms with van der Waals surface area (Å²) >= 11 is 15.8. The Morgan fingerprint density at radius 1 is 0.926 bits per heavy atom. The van der Waals surface area contributed by atoms with E-state index in [0.717, 1.165) is 27.0 Å². The van der Waals surface area contributed by atoms with Crippen LogP contribution in [0.1, 0.15) is 22.3 Å². The Morgan fingerprint density at radius 3 is 2.52 bits per heavy atom. The van der Waals surface area contributed by atoms with Crippen molar-refractivity contribution in [1.29, 1.82) is 0 Å². The Kier molecular flexibility index (Phi) is 6.69. The molecule has 0 amide bonds. The quantitative estimate of drug-likeness (QED) is 0.406. The molecule has 0 saturated heterocycles. The van der Waals surface area contributed by atoms with Gasteiger partial charge in [-0.3, -0.25) is 0 Å². The van der Waals surface area contributed by atoms with Gasteiger partial charge in [-0.2, -0.15) is 0 Å². The molecule has 5 heteroatoms. The topological polar surface area (TPSA) is 21.3 Å². The number of aryl methyl sites for hydroxylation is 2. The van der Waals surface area contributed by atoms with Gasteiger partial charge in [-0.15, -0.1) is 0 Å². The van der Waals surface area contributed by atoms with Crippen LogP contribution in [0.4, 0.5) is 5.69 Å². The van der Waals surface area contributed by atoms with Gasteiger partial charge in [-0.1, -0.05) is 57.3 Å². The highest BCUT2D eigenvalue weighted by atomic mass is 79.9. The Hall–Kier alpha value is -1.68. The molecule has 0 aliphatic rings. The van der Waals surface area contributed by atoms with Gasteiger partial charge in [0.15, 0.2) is 0 Å². The van der Waals surface area contributed by atoms with Crippen LogP contribution in [-0.2, 0) is 13.2 Å². The second-order valence-corrected chi connectivity index (χ2v) is 8.21. The molecule has 0 spiro atoms. The fraction of sp³-hybridized carbons (Fsp3) is 0.182. The number of rotatable bonds is 6. The highest BCUT2D eigenvalue weighted by Gasteiger charge is 2.08. The zero-order valence-corrected chi connectivity index (χ0v) is 18.3. The molecule has 0 aromatic heterocycles. The van der Waals surface area contributed by atoms with Crippen LogP contribution in [0.3, 0.4) is 0 Å². The van der Waals surface area contributed by atoms with Gasteiger partial charge in [0.25, 0.3) is 0 Å². The fourth-order valence-electron chi connectivity index (χ4n) is 2.74. The minimum atomic E-state index is 0.383. The monoisotopic (exact) mass is 463 g/mol. The van der Waals surface area contributed by atoms with E-state index in [1.54, 1.807) is 6.07 Å². The number of anilines is 1. The van der Waals surface area contributed by atoms with E-state index >= 15 is 0 Å². The molecule has 0 fully saturated rings. The van der Waals surface area contributed by atoms with Crippen molar-refractivity contribution in [2.24, 2.45) is 0 Å². The lowest BCUT2D eigenvalue weighted by Crippen LogP contribution is -2.05. The first kappa shape index (κ1) is 20.1. The summed E-state index contributed by atoms with van der Waals surface area (Å²) in [5.41, 5.74) is 5.53. The third-order valence-corrected chi connectivity index (χ3v) is 5.36. The van der Waals surface area contributed by atoms with Crippen molar-refractivity contribution >= 4 is 44.8 Å². The predicted octanol–water partition coefficient (Wildman–Crippen LogP) is 7.56. The third kappa shape index (κ3) is 5.41. The largest absolute Gasteiger partial charge is 0.488 e. The van der Waals surface area contributed by atoms with Crippen molar-refractivity contribution in [3.63, 3.8) is 0 Å². The molecular weight excluding hydrogens is 445 g/mol. The van der Waals surface area contributed by atoms with Crippen molar-refractivity contribution < 1.29 is 4.74 Å². The minimum absolute atomic E-state index is 0.383. The van der Waals surface area contributed by atoms with E-state index in [2.05, 4.69) is 59.4 Å². The normalized spacial score (nSPS) is 10.7. The molecule has 3 aromatic rings. The molecule has 27 heavy (non-hydrogen) atoms. The Balaban J connectivity index is 1.75. The third-order valence-electron chi connectivity index (χ3n) is 4.28. The van der Waals surface area contributed by atoms with Gasteiger partial charge in [0, 0.05) is 37.9 Å². The lowest BCUT2D eigenvalue weighted by molar-refractivity contribution is 0.303. The SMILES string of the molecule is Cc1ccc(C)c(NCc2cc(Br)ccc2OCc2ccc(Cl)cc2Cl)c1. The molecular formula is C22H20BrCl2NO. The molecule has 3 rings (SSSR count). The molecule has 0 saturated carbocycles. The van der Waals surface area contributed by atoms with Gasteiger partial charge >= 0.3 is 0 Å². The van der Waals surface area contributed by atoms with Gasteiger partial charge in [-0.05, 0) is 61.4 Å². The summed E-state index contributed by atoms with van der Waals surface area (Å²) in [5, 5.41) is 4.73. The highest BCUT2D eigenvalue weighted by molar-refractivity contribution is 9.10. The molecule has 2 nitrogen and oxygen atoms in total. The van der Waals surface area contributed by atoms with Crippen molar-refractivity contribution in [3.8, 4) is 5.75 Å². The second kappa shape index (κ2) is 9.01. The maximum atomic E-state index is 6.25. The number of nitrogens with one attached hydrogen (secondary N) is 1. The molecule has 0 heterocycles. The highest BCUT2D eigenvalue weighted by Crippen LogP contribution is 2.28. The van der Waals surface area contributed by atoms with Gasteiger partial charge < -0.3 is 10.1 Å². The van der Waals surface area contributed by atoms with Crippen molar-refractivity contribution in [1.82, 2.24) is 0 Å². The zero-order chi connectivity index (χ0) is 19.4. The first-order valence-corrected chi connectivity index (χ1v) is 10.1. The Morgan fingerprint density at radius 2 is 1.74 bits per heavy atom. The molecule has 3 aromatic carbocycles. The van der Waals surface area contributed by atoms with Crippen LogP contribution in [0.15, 0.2) is 59.1 Å². The average Bonchev–Trinajstić information content (AvgIpc) is 2.63. The van der Waals surface area contributed by atoms with E-state index in [-0.39, 0.29) is 0 Å². The summed E-state index contributed by atoms with van der Waals surface area (Å²) in [5.74, 6) is 0.821. The standard InChI is InChI=1S/C22H20BrCl2NO/c1-14-3-4-15(2)21(9-14)26-12-17-10-18(23)6-8-22(17)27-13-16-5-7-19(24)11-20(16)25/h3-11,26H,12-13H2,1-2H3.